The highest BCUT2D eigenvalue weighted by molar-refractivity contribution is 5.87. The maximum absolute atomic E-state index is 10.7. The standard InChI is InChI=1S/C18H20N8O/c1-24-15(4-6-22-24)16(27)14-9-12-10-25(7-2-8-26(12)23-14)18-13-3-5-19-17(13)20-11-21-18/h3-6,9,11,16,27H,2,7-8,10H2,1H3,(H,19,20,21)/t16-/m0/s1. The number of rotatable bonds is 3. The van der Waals surface area contributed by atoms with E-state index in [0.29, 0.717) is 12.2 Å². The molecule has 5 rings (SSSR count). The van der Waals surface area contributed by atoms with E-state index < -0.39 is 6.10 Å². The first-order valence-corrected chi connectivity index (χ1v) is 8.96. The molecule has 1 aliphatic heterocycles. The summed E-state index contributed by atoms with van der Waals surface area (Å²) in [5.41, 5.74) is 3.27. The number of nitrogens with one attached hydrogen (secondary N) is 1. The Morgan fingerprint density at radius 2 is 2.15 bits per heavy atom. The number of hydrogen-bond donors (Lipinski definition) is 2. The van der Waals surface area contributed by atoms with Crippen molar-refractivity contribution in [3.8, 4) is 0 Å². The average Bonchev–Trinajstić information content (AvgIpc) is 3.38. The summed E-state index contributed by atoms with van der Waals surface area (Å²) in [5, 5.41) is 20.5. The minimum absolute atomic E-state index is 0.643. The summed E-state index contributed by atoms with van der Waals surface area (Å²) in [6.45, 7) is 2.38. The fourth-order valence-electron chi connectivity index (χ4n) is 3.71. The van der Waals surface area contributed by atoms with Crippen molar-refractivity contribution >= 4 is 16.9 Å². The van der Waals surface area contributed by atoms with E-state index in [1.165, 1.54) is 0 Å². The first kappa shape index (κ1) is 16.0. The molecule has 2 N–H and O–H groups in total. The molecule has 9 heteroatoms. The maximum Gasteiger partial charge on any atom is 0.142 e. The van der Waals surface area contributed by atoms with Gasteiger partial charge in [-0.1, -0.05) is 0 Å². The lowest BCUT2D eigenvalue weighted by Crippen LogP contribution is -2.23. The Morgan fingerprint density at radius 3 is 3.00 bits per heavy atom. The summed E-state index contributed by atoms with van der Waals surface area (Å²) in [6, 6.07) is 5.79. The summed E-state index contributed by atoms with van der Waals surface area (Å²) in [7, 11) is 1.82. The molecule has 1 atom stereocenters. The Hall–Kier alpha value is -3.20. The number of aryl methyl sites for hydroxylation is 2. The van der Waals surface area contributed by atoms with Crippen LogP contribution in [0, 0.1) is 0 Å². The predicted molar refractivity (Wildman–Crippen MR) is 99.1 cm³/mol. The van der Waals surface area contributed by atoms with Crippen molar-refractivity contribution in [3.63, 3.8) is 0 Å². The number of aliphatic hydroxyl groups is 1. The maximum atomic E-state index is 10.7. The van der Waals surface area contributed by atoms with Gasteiger partial charge in [-0.25, -0.2) is 9.97 Å². The van der Waals surface area contributed by atoms with Crippen LogP contribution in [0.25, 0.3) is 11.0 Å². The molecule has 0 unspecified atom stereocenters. The zero-order valence-electron chi connectivity index (χ0n) is 14.9. The monoisotopic (exact) mass is 364 g/mol. The second-order valence-electron chi connectivity index (χ2n) is 6.78. The molecule has 1 aliphatic rings. The van der Waals surface area contributed by atoms with Crippen molar-refractivity contribution in [2.75, 3.05) is 11.4 Å². The van der Waals surface area contributed by atoms with Gasteiger partial charge in [0.2, 0.25) is 0 Å². The summed E-state index contributed by atoms with van der Waals surface area (Å²) >= 11 is 0. The number of aromatic amines is 1. The van der Waals surface area contributed by atoms with Crippen molar-refractivity contribution < 1.29 is 5.11 Å². The molecule has 4 aromatic heterocycles. The van der Waals surface area contributed by atoms with E-state index in [0.717, 1.165) is 47.7 Å². The fourth-order valence-corrected chi connectivity index (χ4v) is 3.71. The van der Waals surface area contributed by atoms with Crippen LogP contribution in [0.2, 0.25) is 0 Å². The summed E-state index contributed by atoms with van der Waals surface area (Å²) < 4.78 is 3.66. The minimum Gasteiger partial charge on any atom is -0.380 e. The fraction of sp³-hybridized carbons (Fsp3) is 0.333. The Bertz CT molecular complexity index is 1090. The number of anilines is 1. The molecule has 0 saturated heterocycles. The number of H-pyrrole nitrogens is 1. The lowest BCUT2D eigenvalue weighted by molar-refractivity contribution is 0.203. The van der Waals surface area contributed by atoms with Gasteiger partial charge < -0.3 is 15.0 Å². The first-order valence-electron chi connectivity index (χ1n) is 8.96. The highest BCUT2D eigenvalue weighted by atomic mass is 16.3. The van der Waals surface area contributed by atoms with E-state index >= 15 is 0 Å². The smallest absolute Gasteiger partial charge is 0.142 e. The zero-order valence-corrected chi connectivity index (χ0v) is 14.9. The molecular weight excluding hydrogens is 344 g/mol. The molecule has 0 aromatic carbocycles. The minimum atomic E-state index is -0.791. The molecule has 0 bridgehead atoms. The van der Waals surface area contributed by atoms with Gasteiger partial charge in [0.15, 0.2) is 0 Å². The van der Waals surface area contributed by atoms with Crippen molar-refractivity contribution in [1.29, 1.82) is 0 Å². The Balaban J connectivity index is 1.48. The number of aliphatic hydroxyl groups excluding tert-OH is 1. The number of fused-ring (bicyclic) bond motifs is 2. The van der Waals surface area contributed by atoms with Gasteiger partial charge in [-0.15, -0.1) is 0 Å². The summed E-state index contributed by atoms with van der Waals surface area (Å²) in [4.78, 5) is 14.2. The van der Waals surface area contributed by atoms with Crippen LogP contribution in [-0.4, -0.2) is 46.2 Å². The molecule has 5 heterocycles. The molecule has 9 nitrogen and oxygen atoms in total. The van der Waals surface area contributed by atoms with Crippen LogP contribution in [0.15, 0.2) is 36.9 Å². The normalized spacial score (nSPS) is 15.7. The Morgan fingerprint density at radius 1 is 1.22 bits per heavy atom. The van der Waals surface area contributed by atoms with Crippen molar-refractivity contribution in [3.05, 3.63) is 54.0 Å². The Kier molecular flexibility index (Phi) is 3.68. The van der Waals surface area contributed by atoms with Crippen LogP contribution in [0.3, 0.4) is 0 Å². The topological polar surface area (TPSA) is 101 Å². The van der Waals surface area contributed by atoms with E-state index in [-0.39, 0.29) is 0 Å². The van der Waals surface area contributed by atoms with Gasteiger partial charge in [-0.2, -0.15) is 10.2 Å². The molecular formula is C18H20N8O. The van der Waals surface area contributed by atoms with Crippen LogP contribution in [0.4, 0.5) is 5.82 Å². The van der Waals surface area contributed by atoms with Gasteiger partial charge >= 0.3 is 0 Å². The summed E-state index contributed by atoms with van der Waals surface area (Å²) in [6.07, 6.45) is 5.31. The number of hydrogen-bond acceptors (Lipinski definition) is 6. The molecule has 138 valence electrons. The Labute approximate surface area is 155 Å². The lowest BCUT2D eigenvalue weighted by Gasteiger charge is -2.21. The average molecular weight is 364 g/mol. The first-order chi connectivity index (χ1) is 13.2. The van der Waals surface area contributed by atoms with Gasteiger partial charge in [-0.05, 0) is 24.6 Å². The van der Waals surface area contributed by atoms with Crippen LogP contribution in [0.1, 0.15) is 29.6 Å². The quantitative estimate of drug-likeness (QED) is 0.570. The van der Waals surface area contributed by atoms with E-state index in [2.05, 4.69) is 30.0 Å². The molecule has 0 spiro atoms. The van der Waals surface area contributed by atoms with Gasteiger partial charge in [0.25, 0.3) is 0 Å². The van der Waals surface area contributed by atoms with E-state index in [1.54, 1.807) is 17.2 Å². The number of nitrogens with zero attached hydrogens (tertiary/aromatic N) is 7. The van der Waals surface area contributed by atoms with E-state index in [4.69, 9.17) is 0 Å². The second-order valence-corrected chi connectivity index (χ2v) is 6.78. The zero-order chi connectivity index (χ0) is 18.4. The third-order valence-corrected chi connectivity index (χ3v) is 5.08. The highest BCUT2D eigenvalue weighted by Gasteiger charge is 2.23. The molecule has 0 aliphatic carbocycles. The molecule has 0 fully saturated rings. The molecule has 27 heavy (non-hydrogen) atoms. The molecule has 0 saturated carbocycles. The predicted octanol–water partition coefficient (Wildman–Crippen LogP) is 1.38. The lowest BCUT2D eigenvalue weighted by atomic mass is 10.2. The van der Waals surface area contributed by atoms with Crippen LogP contribution < -0.4 is 4.90 Å². The third-order valence-electron chi connectivity index (χ3n) is 5.08. The van der Waals surface area contributed by atoms with Crippen LogP contribution in [0.5, 0.6) is 0 Å². The molecule has 0 amide bonds. The van der Waals surface area contributed by atoms with Gasteiger partial charge in [0, 0.05) is 32.5 Å². The van der Waals surface area contributed by atoms with Crippen LogP contribution >= 0.6 is 0 Å². The second kappa shape index (κ2) is 6.20. The van der Waals surface area contributed by atoms with E-state index in [1.807, 2.05) is 36.1 Å². The summed E-state index contributed by atoms with van der Waals surface area (Å²) in [5.74, 6) is 0.921. The van der Waals surface area contributed by atoms with Gasteiger partial charge in [0.05, 0.1) is 29.0 Å². The van der Waals surface area contributed by atoms with Gasteiger partial charge in [0.1, 0.15) is 23.9 Å². The number of aromatic nitrogens is 7. The largest absolute Gasteiger partial charge is 0.380 e. The van der Waals surface area contributed by atoms with Crippen molar-refractivity contribution in [2.45, 2.75) is 25.6 Å². The molecule has 0 radical (unpaired) electrons. The third kappa shape index (κ3) is 2.67. The molecule has 4 aromatic rings. The van der Waals surface area contributed by atoms with Crippen LogP contribution in [-0.2, 0) is 20.1 Å². The van der Waals surface area contributed by atoms with E-state index in [9.17, 15) is 5.11 Å². The van der Waals surface area contributed by atoms with Gasteiger partial charge in [-0.3, -0.25) is 9.36 Å². The highest BCUT2D eigenvalue weighted by Crippen LogP contribution is 2.27. The van der Waals surface area contributed by atoms with Crippen molar-refractivity contribution in [2.24, 2.45) is 7.05 Å². The SMILES string of the molecule is Cn1nccc1[C@@H](O)c1cc2n(n1)CCCN(c1ncnc3[nH]ccc13)C2. The van der Waals surface area contributed by atoms with Crippen molar-refractivity contribution in [1.82, 2.24) is 34.5 Å².